The normalized spacial score (nSPS) is 10.9. The maximum absolute atomic E-state index is 13.2. The molecule has 3 aromatic carbocycles. The van der Waals surface area contributed by atoms with E-state index in [-0.39, 0.29) is 5.91 Å². The first-order chi connectivity index (χ1) is 19.3. The van der Waals surface area contributed by atoms with Crippen molar-refractivity contribution >= 4 is 23.6 Å². The van der Waals surface area contributed by atoms with Crippen LogP contribution >= 0.6 is 11.8 Å². The van der Waals surface area contributed by atoms with E-state index < -0.39 is 12.0 Å². The van der Waals surface area contributed by atoms with E-state index in [0.29, 0.717) is 31.0 Å². The fourth-order valence-electron chi connectivity index (χ4n) is 3.79. The molecular weight excluding hydrogens is 522 g/mol. The summed E-state index contributed by atoms with van der Waals surface area (Å²) in [5, 5.41) is 12.2. The molecule has 40 heavy (non-hydrogen) atoms. The molecule has 0 radical (unpaired) electrons. The summed E-state index contributed by atoms with van der Waals surface area (Å²) < 4.78 is 10.5. The fraction of sp³-hybridized carbons (Fsp3) is 0.394. The minimum absolute atomic E-state index is 0.368. The Labute approximate surface area is 244 Å². The quantitative estimate of drug-likeness (QED) is 0.239. The summed E-state index contributed by atoms with van der Waals surface area (Å²) in [6.45, 7) is 11.7. The van der Waals surface area contributed by atoms with Crippen molar-refractivity contribution in [2.45, 2.75) is 60.3 Å². The number of methoxy groups -OCH3 is 1. The summed E-state index contributed by atoms with van der Waals surface area (Å²) in [5.41, 5.74) is 6.43. The molecule has 1 amide bonds. The molecule has 0 aliphatic rings. The van der Waals surface area contributed by atoms with Gasteiger partial charge in [-0.25, -0.2) is 4.79 Å². The summed E-state index contributed by atoms with van der Waals surface area (Å²) in [7, 11) is 1.68. The molecule has 0 aliphatic carbocycles. The van der Waals surface area contributed by atoms with E-state index in [2.05, 4.69) is 29.1 Å². The van der Waals surface area contributed by atoms with Gasteiger partial charge in [0, 0.05) is 19.3 Å². The Hall–Kier alpha value is -3.13. The lowest BCUT2D eigenvalue weighted by molar-refractivity contribution is -0.139. The average molecular weight is 568 g/mol. The summed E-state index contributed by atoms with van der Waals surface area (Å²) >= 11 is 1.55. The Morgan fingerprint density at radius 3 is 2.15 bits per heavy atom. The molecule has 1 unspecified atom stereocenters. The van der Waals surface area contributed by atoms with Crippen LogP contribution < -0.4 is 5.32 Å². The second kappa shape index (κ2) is 19.9. The van der Waals surface area contributed by atoms with E-state index in [9.17, 15) is 14.7 Å². The zero-order chi connectivity index (χ0) is 29.9. The van der Waals surface area contributed by atoms with Gasteiger partial charge in [0.1, 0.15) is 6.04 Å². The first kappa shape index (κ1) is 34.9. The SMILES string of the molecule is CC.CCOC.CSCCC(NC(=O)c1ccc(COCc2cccc(C)c2)cc1-c1ccccc1C)C(=O)O. The maximum atomic E-state index is 13.2. The molecule has 0 aliphatic heterocycles. The zero-order valence-corrected chi connectivity index (χ0v) is 25.8. The van der Waals surface area contributed by atoms with Crippen molar-refractivity contribution in [1.82, 2.24) is 5.32 Å². The van der Waals surface area contributed by atoms with Gasteiger partial charge in [0.2, 0.25) is 0 Å². The van der Waals surface area contributed by atoms with Crippen LogP contribution in [-0.4, -0.2) is 48.8 Å². The third kappa shape index (κ3) is 11.9. The Kier molecular flexibility index (Phi) is 17.3. The van der Waals surface area contributed by atoms with E-state index in [0.717, 1.165) is 34.4 Å². The first-order valence-electron chi connectivity index (χ1n) is 13.6. The third-order valence-electron chi connectivity index (χ3n) is 5.89. The van der Waals surface area contributed by atoms with Crippen molar-refractivity contribution < 1.29 is 24.2 Å². The molecular formula is C33H45NO5S. The van der Waals surface area contributed by atoms with Crippen molar-refractivity contribution in [2.24, 2.45) is 0 Å². The number of aryl methyl sites for hydroxylation is 2. The number of thioether (sulfide) groups is 1. The molecule has 6 nitrogen and oxygen atoms in total. The molecule has 0 heterocycles. The number of carboxylic acid groups (broad SMARTS) is 1. The maximum Gasteiger partial charge on any atom is 0.326 e. The van der Waals surface area contributed by atoms with E-state index in [1.165, 1.54) is 5.56 Å². The topological polar surface area (TPSA) is 84.9 Å². The molecule has 7 heteroatoms. The van der Waals surface area contributed by atoms with Crippen molar-refractivity contribution in [2.75, 3.05) is 25.7 Å². The van der Waals surface area contributed by atoms with Crippen molar-refractivity contribution in [1.29, 1.82) is 0 Å². The van der Waals surface area contributed by atoms with Crippen LogP contribution in [0.4, 0.5) is 0 Å². The summed E-state index contributed by atoms with van der Waals surface area (Å²) in [4.78, 5) is 24.8. The van der Waals surface area contributed by atoms with Gasteiger partial charge in [-0.2, -0.15) is 11.8 Å². The number of amides is 1. The molecule has 1 atom stereocenters. The van der Waals surface area contributed by atoms with E-state index in [1.54, 1.807) is 24.9 Å². The van der Waals surface area contributed by atoms with Gasteiger partial charge in [-0.05, 0) is 79.2 Å². The second-order valence-electron chi connectivity index (χ2n) is 8.90. The van der Waals surface area contributed by atoms with Gasteiger partial charge in [0.15, 0.2) is 0 Å². The first-order valence-corrected chi connectivity index (χ1v) is 15.0. The third-order valence-corrected chi connectivity index (χ3v) is 6.53. The summed E-state index contributed by atoms with van der Waals surface area (Å²) in [6, 6.07) is 20.7. The number of nitrogens with one attached hydrogen (secondary N) is 1. The fourth-order valence-corrected chi connectivity index (χ4v) is 4.27. The lowest BCUT2D eigenvalue weighted by Crippen LogP contribution is -2.41. The lowest BCUT2D eigenvalue weighted by atomic mass is 9.93. The predicted octanol–water partition coefficient (Wildman–Crippen LogP) is 7.30. The Morgan fingerprint density at radius 1 is 0.925 bits per heavy atom. The molecule has 0 fully saturated rings. The van der Waals surface area contributed by atoms with Crippen molar-refractivity contribution in [3.8, 4) is 11.1 Å². The van der Waals surface area contributed by atoms with Crippen LogP contribution in [0.3, 0.4) is 0 Å². The van der Waals surface area contributed by atoms with Crippen LogP contribution in [-0.2, 0) is 27.5 Å². The molecule has 0 spiro atoms. The number of rotatable bonds is 12. The van der Waals surface area contributed by atoms with Crippen LogP contribution in [0.15, 0.2) is 66.7 Å². The van der Waals surface area contributed by atoms with E-state index in [4.69, 9.17) is 4.74 Å². The minimum Gasteiger partial charge on any atom is -0.480 e. The molecule has 0 saturated carbocycles. The van der Waals surface area contributed by atoms with Gasteiger partial charge < -0.3 is 19.9 Å². The predicted molar refractivity (Wildman–Crippen MR) is 167 cm³/mol. The van der Waals surface area contributed by atoms with Gasteiger partial charge in [0.05, 0.1) is 13.2 Å². The minimum atomic E-state index is -1.03. The number of ether oxygens (including phenoxy) is 2. The second-order valence-corrected chi connectivity index (χ2v) is 9.89. The number of carbonyl (C=O) groups excluding carboxylic acids is 1. The zero-order valence-electron chi connectivity index (χ0n) is 25.0. The molecule has 0 saturated heterocycles. The number of hydrogen-bond acceptors (Lipinski definition) is 5. The highest BCUT2D eigenvalue weighted by Gasteiger charge is 2.22. The smallest absolute Gasteiger partial charge is 0.326 e. The lowest BCUT2D eigenvalue weighted by Gasteiger charge is -2.18. The highest BCUT2D eigenvalue weighted by Crippen LogP contribution is 2.29. The van der Waals surface area contributed by atoms with Gasteiger partial charge >= 0.3 is 5.97 Å². The largest absolute Gasteiger partial charge is 0.480 e. The monoisotopic (exact) mass is 567 g/mol. The molecule has 0 aromatic heterocycles. The average Bonchev–Trinajstić information content (AvgIpc) is 2.96. The van der Waals surface area contributed by atoms with Crippen LogP contribution in [0.5, 0.6) is 0 Å². The number of benzene rings is 3. The molecule has 3 rings (SSSR count). The number of hydrogen-bond donors (Lipinski definition) is 2. The van der Waals surface area contributed by atoms with Gasteiger partial charge in [0.25, 0.3) is 5.91 Å². The van der Waals surface area contributed by atoms with E-state index in [1.807, 2.05) is 82.5 Å². The summed E-state index contributed by atoms with van der Waals surface area (Å²) in [6.07, 6.45) is 2.28. The van der Waals surface area contributed by atoms with Crippen LogP contribution in [0.25, 0.3) is 11.1 Å². The van der Waals surface area contributed by atoms with Crippen molar-refractivity contribution in [3.05, 3.63) is 94.5 Å². The molecule has 3 aromatic rings. The van der Waals surface area contributed by atoms with Crippen LogP contribution in [0.2, 0.25) is 0 Å². The molecule has 2 N–H and O–H groups in total. The Bertz CT molecular complexity index is 1180. The summed E-state index contributed by atoms with van der Waals surface area (Å²) in [5.74, 6) is -0.765. The molecule has 0 bridgehead atoms. The van der Waals surface area contributed by atoms with Crippen LogP contribution in [0.1, 0.15) is 59.8 Å². The van der Waals surface area contributed by atoms with Gasteiger partial charge in [-0.3, -0.25) is 4.79 Å². The Balaban J connectivity index is 0.00000122. The van der Waals surface area contributed by atoms with Gasteiger partial charge in [-0.15, -0.1) is 0 Å². The highest BCUT2D eigenvalue weighted by atomic mass is 32.2. The highest BCUT2D eigenvalue weighted by molar-refractivity contribution is 7.98. The molecule has 218 valence electrons. The number of carboxylic acids is 1. The number of carbonyl (C=O) groups is 2. The van der Waals surface area contributed by atoms with Crippen LogP contribution in [0, 0.1) is 13.8 Å². The Morgan fingerprint density at radius 2 is 1.57 bits per heavy atom. The van der Waals surface area contributed by atoms with Crippen molar-refractivity contribution in [3.63, 3.8) is 0 Å². The van der Waals surface area contributed by atoms with E-state index >= 15 is 0 Å². The standard InChI is InChI=1S/C28H31NO4S.C3H8O.C2H6/c1-19-7-6-9-21(15-19)17-33-18-22-11-12-24(25(16-22)23-10-5-4-8-20(23)2)27(30)29-26(28(31)32)13-14-34-3;1-3-4-2;1-2/h4-12,15-16,26H,13-14,17-18H2,1-3H3,(H,29,30)(H,31,32);3H2,1-2H3;1-2H3. The number of aliphatic carboxylic acids is 1. The van der Waals surface area contributed by atoms with Gasteiger partial charge in [-0.1, -0.05) is 74.0 Å².